The van der Waals surface area contributed by atoms with Gasteiger partial charge in [-0.1, -0.05) is 31.0 Å². The molecule has 1 aromatic heterocycles. The summed E-state index contributed by atoms with van der Waals surface area (Å²) in [7, 11) is -3.60. The Hall–Kier alpha value is -2.08. The summed E-state index contributed by atoms with van der Waals surface area (Å²) < 4.78 is 27.5. The van der Waals surface area contributed by atoms with E-state index < -0.39 is 10.0 Å². The first-order valence-electron chi connectivity index (χ1n) is 7.72. The molecule has 0 atom stereocenters. The number of rotatable bonds is 7. The number of benzene rings is 1. The largest absolute Gasteiger partial charge is 0.370 e. The van der Waals surface area contributed by atoms with Crippen LogP contribution in [0.2, 0.25) is 0 Å². The van der Waals surface area contributed by atoms with Gasteiger partial charge in [0.25, 0.3) is 10.0 Å². The number of nitrogens with one attached hydrogen (secondary N) is 2. The number of anilines is 2. The summed E-state index contributed by atoms with van der Waals surface area (Å²) in [6.07, 6.45) is 3.71. The van der Waals surface area contributed by atoms with E-state index in [1.807, 2.05) is 13.0 Å². The van der Waals surface area contributed by atoms with E-state index in [1.54, 1.807) is 31.2 Å². The average Bonchev–Trinajstić information content (AvgIpc) is 2.48. The lowest BCUT2D eigenvalue weighted by Gasteiger charge is -2.11. The van der Waals surface area contributed by atoms with E-state index in [0.29, 0.717) is 5.69 Å². The number of sulfonamides is 1. The first-order valence-corrected chi connectivity index (χ1v) is 9.20. The Morgan fingerprint density at radius 2 is 1.91 bits per heavy atom. The molecule has 2 rings (SSSR count). The molecule has 0 aliphatic heterocycles. The summed E-state index contributed by atoms with van der Waals surface area (Å²) in [5.74, 6) is 0.743. The van der Waals surface area contributed by atoms with Crippen LogP contribution in [0.5, 0.6) is 0 Å². The van der Waals surface area contributed by atoms with Crippen LogP contribution in [0.3, 0.4) is 0 Å². The van der Waals surface area contributed by atoms with E-state index >= 15 is 0 Å². The van der Waals surface area contributed by atoms with Gasteiger partial charge in [0.05, 0.1) is 16.8 Å². The highest BCUT2D eigenvalue weighted by Gasteiger charge is 2.16. The van der Waals surface area contributed by atoms with Gasteiger partial charge in [0, 0.05) is 6.54 Å². The van der Waals surface area contributed by atoms with Crippen LogP contribution >= 0.6 is 0 Å². The van der Waals surface area contributed by atoms with Crippen molar-refractivity contribution in [3.63, 3.8) is 0 Å². The van der Waals surface area contributed by atoms with Crippen LogP contribution in [-0.4, -0.2) is 19.9 Å². The zero-order chi connectivity index (χ0) is 16.9. The van der Waals surface area contributed by atoms with Gasteiger partial charge in [0.1, 0.15) is 5.82 Å². The van der Waals surface area contributed by atoms with E-state index in [4.69, 9.17) is 0 Å². The Balaban J connectivity index is 2.11. The smallest absolute Gasteiger partial charge is 0.262 e. The van der Waals surface area contributed by atoms with Crippen LogP contribution in [0.4, 0.5) is 11.5 Å². The molecule has 0 radical (unpaired) electrons. The fourth-order valence-electron chi connectivity index (χ4n) is 2.26. The molecule has 1 aromatic carbocycles. The van der Waals surface area contributed by atoms with Gasteiger partial charge in [-0.25, -0.2) is 13.4 Å². The minimum absolute atomic E-state index is 0.285. The van der Waals surface area contributed by atoms with E-state index in [9.17, 15) is 8.42 Å². The maximum absolute atomic E-state index is 12.5. The van der Waals surface area contributed by atoms with Crippen molar-refractivity contribution in [3.05, 3.63) is 47.7 Å². The van der Waals surface area contributed by atoms with Gasteiger partial charge in [0.15, 0.2) is 0 Å². The second-order valence-corrected chi connectivity index (χ2v) is 7.24. The Bertz CT molecular complexity index is 756. The van der Waals surface area contributed by atoms with Gasteiger partial charge in [-0.3, -0.25) is 4.72 Å². The third-order valence-electron chi connectivity index (χ3n) is 3.47. The monoisotopic (exact) mass is 333 g/mol. The summed E-state index contributed by atoms with van der Waals surface area (Å²) in [6.45, 7) is 6.71. The molecular weight excluding hydrogens is 310 g/mol. The highest BCUT2D eigenvalue weighted by atomic mass is 32.2. The summed E-state index contributed by atoms with van der Waals surface area (Å²) in [6, 6.07) is 8.76. The standard InChI is InChI=1S/C17H23N3O2S/c1-4-5-10-18-17-9-7-15(12-19-17)20-23(21,22)16-8-6-13(2)11-14(16)3/h6-9,11-12,20H,4-5,10H2,1-3H3,(H,18,19). The summed E-state index contributed by atoms with van der Waals surface area (Å²) >= 11 is 0. The Morgan fingerprint density at radius 3 is 2.52 bits per heavy atom. The molecule has 0 spiro atoms. The van der Waals surface area contributed by atoms with Crippen LogP contribution in [-0.2, 0) is 10.0 Å². The Morgan fingerprint density at radius 1 is 1.13 bits per heavy atom. The van der Waals surface area contributed by atoms with Gasteiger partial charge in [0.2, 0.25) is 0 Å². The topological polar surface area (TPSA) is 71.1 Å². The normalized spacial score (nSPS) is 11.3. The predicted molar refractivity (Wildman–Crippen MR) is 94.4 cm³/mol. The Kier molecular flexibility index (Phi) is 5.60. The van der Waals surface area contributed by atoms with Gasteiger partial charge >= 0.3 is 0 Å². The van der Waals surface area contributed by atoms with Crippen LogP contribution in [0.1, 0.15) is 30.9 Å². The minimum atomic E-state index is -3.60. The summed E-state index contributed by atoms with van der Waals surface area (Å²) in [4.78, 5) is 4.51. The number of aryl methyl sites for hydroxylation is 2. The molecule has 0 bridgehead atoms. The fraction of sp³-hybridized carbons (Fsp3) is 0.353. The van der Waals surface area contributed by atoms with Gasteiger partial charge < -0.3 is 5.32 Å². The van der Waals surface area contributed by atoms with Crippen LogP contribution in [0.25, 0.3) is 0 Å². The molecule has 0 aliphatic rings. The quantitative estimate of drug-likeness (QED) is 0.758. The van der Waals surface area contributed by atoms with E-state index in [2.05, 4.69) is 21.9 Å². The molecule has 23 heavy (non-hydrogen) atoms. The van der Waals surface area contributed by atoms with Crippen molar-refractivity contribution in [3.8, 4) is 0 Å². The summed E-state index contributed by atoms with van der Waals surface area (Å²) in [5, 5.41) is 3.19. The third kappa shape index (κ3) is 4.69. The molecule has 0 aliphatic carbocycles. The van der Waals surface area contributed by atoms with E-state index in [1.165, 1.54) is 6.20 Å². The highest BCUT2D eigenvalue weighted by molar-refractivity contribution is 7.92. The second-order valence-electron chi connectivity index (χ2n) is 5.59. The van der Waals surface area contributed by atoms with Crippen molar-refractivity contribution >= 4 is 21.5 Å². The van der Waals surface area contributed by atoms with Crippen molar-refractivity contribution in [1.82, 2.24) is 4.98 Å². The van der Waals surface area contributed by atoms with E-state index in [-0.39, 0.29) is 4.90 Å². The highest BCUT2D eigenvalue weighted by Crippen LogP contribution is 2.20. The minimum Gasteiger partial charge on any atom is -0.370 e. The number of hydrogen-bond donors (Lipinski definition) is 2. The lowest BCUT2D eigenvalue weighted by Crippen LogP contribution is -2.14. The second kappa shape index (κ2) is 7.46. The lowest BCUT2D eigenvalue weighted by molar-refractivity contribution is 0.600. The molecule has 6 heteroatoms. The first kappa shape index (κ1) is 17.3. The zero-order valence-corrected chi connectivity index (χ0v) is 14.6. The fourth-order valence-corrected chi connectivity index (χ4v) is 3.53. The van der Waals surface area contributed by atoms with Crippen molar-refractivity contribution in [2.24, 2.45) is 0 Å². The van der Waals surface area contributed by atoms with Gasteiger partial charge in [-0.05, 0) is 44.0 Å². The number of nitrogens with zero attached hydrogens (tertiary/aromatic N) is 1. The van der Waals surface area contributed by atoms with Gasteiger partial charge in [-0.2, -0.15) is 0 Å². The molecule has 2 N–H and O–H groups in total. The maximum atomic E-state index is 12.5. The molecule has 124 valence electrons. The average molecular weight is 333 g/mol. The molecule has 0 unspecified atom stereocenters. The van der Waals surface area contributed by atoms with Crippen molar-refractivity contribution < 1.29 is 8.42 Å². The van der Waals surface area contributed by atoms with E-state index in [0.717, 1.165) is 36.3 Å². The molecular formula is C17H23N3O2S. The predicted octanol–water partition coefficient (Wildman–Crippen LogP) is 3.71. The molecule has 1 heterocycles. The van der Waals surface area contributed by atoms with Crippen molar-refractivity contribution in [2.75, 3.05) is 16.6 Å². The lowest BCUT2D eigenvalue weighted by atomic mass is 10.2. The SMILES string of the molecule is CCCCNc1ccc(NS(=O)(=O)c2ccc(C)cc2C)cn1. The zero-order valence-electron chi connectivity index (χ0n) is 13.8. The third-order valence-corrected chi connectivity index (χ3v) is 5.01. The molecule has 0 saturated heterocycles. The molecule has 0 saturated carbocycles. The maximum Gasteiger partial charge on any atom is 0.262 e. The number of pyridine rings is 1. The first-order chi connectivity index (χ1) is 10.9. The molecule has 0 amide bonds. The van der Waals surface area contributed by atoms with Crippen LogP contribution in [0, 0.1) is 13.8 Å². The molecule has 2 aromatic rings. The Labute approximate surface area is 138 Å². The molecule has 0 fully saturated rings. The number of aromatic nitrogens is 1. The van der Waals surface area contributed by atoms with Crippen molar-refractivity contribution in [2.45, 2.75) is 38.5 Å². The number of hydrogen-bond acceptors (Lipinski definition) is 4. The van der Waals surface area contributed by atoms with Gasteiger partial charge in [-0.15, -0.1) is 0 Å². The molecule has 5 nitrogen and oxygen atoms in total. The number of unbranched alkanes of at least 4 members (excludes halogenated alkanes) is 1. The summed E-state index contributed by atoms with van der Waals surface area (Å²) in [5.41, 5.74) is 2.21. The van der Waals surface area contributed by atoms with Crippen LogP contribution < -0.4 is 10.0 Å². The van der Waals surface area contributed by atoms with Crippen molar-refractivity contribution in [1.29, 1.82) is 0 Å². The van der Waals surface area contributed by atoms with Crippen LogP contribution in [0.15, 0.2) is 41.4 Å².